The van der Waals surface area contributed by atoms with Crippen LogP contribution in [0.3, 0.4) is 0 Å². The van der Waals surface area contributed by atoms with Crippen LogP contribution in [0, 0.1) is 0 Å². The summed E-state index contributed by atoms with van der Waals surface area (Å²) in [5, 5.41) is 20.5. The van der Waals surface area contributed by atoms with Crippen LogP contribution in [0.5, 0.6) is 5.88 Å². The molecule has 0 bridgehead atoms. The molecule has 0 atom stereocenters. The van der Waals surface area contributed by atoms with Crippen LogP contribution in [0.25, 0.3) is 32.7 Å². The molecule has 0 saturated carbocycles. The minimum absolute atomic E-state index is 0.101. The van der Waals surface area contributed by atoms with Crippen molar-refractivity contribution in [2.24, 2.45) is 0 Å². The number of aromatic nitrogens is 1. The lowest BCUT2D eigenvalue weighted by molar-refractivity contribution is 0.102. The molecule has 2 heterocycles. The van der Waals surface area contributed by atoms with E-state index in [1.54, 1.807) is 0 Å². The van der Waals surface area contributed by atoms with Crippen LogP contribution in [-0.4, -0.2) is 16.0 Å². The topological polar surface area (TPSA) is 65.1 Å². The van der Waals surface area contributed by atoms with Gasteiger partial charge in [-0.05, 0) is 57.6 Å². The van der Waals surface area contributed by atoms with Crippen molar-refractivity contribution in [2.45, 2.75) is 0 Å². The molecular weight excluding hydrogens is 368 g/mol. The molecular formula is C23H16N2O2S. The van der Waals surface area contributed by atoms with Crippen LogP contribution in [0.2, 0.25) is 0 Å². The Balaban J connectivity index is 1.51. The third-order valence-electron chi connectivity index (χ3n) is 4.91. The standard InChI is InChI=1S/C23H16N2O2S/c26-22(17-8-9-28-13-17)25-18-7-6-14-10-16(5-4-15(14)11-18)19-2-1-3-20-21(19)12-24-23(20)27/h1-13,24,27H,(H,25,26). The van der Waals surface area contributed by atoms with Crippen LogP contribution in [-0.2, 0) is 0 Å². The summed E-state index contributed by atoms with van der Waals surface area (Å²) < 4.78 is 0. The van der Waals surface area contributed by atoms with Crippen LogP contribution >= 0.6 is 11.3 Å². The first-order valence-corrected chi connectivity index (χ1v) is 9.80. The van der Waals surface area contributed by atoms with E-state index in [4.69, 9.17) is 0 Å². The molecule has 5 aromatic rings. The average molecular weight is 384 g/mol. The quantitative estimate of drug-likeness (QED) is 0.357. The van der Waals surface area contributed by atoms with Gasteiger partial charge in [-0.25, -0.2) is 0 Å². The van der Waals surface area contributed by atoms with Gasteiger partial charge in [0.05, 0.1) is 5.56 Å². The first kappa shape index (κ1) is 16.6. The van der Waals surface area contributed by atoms with Gasteiger partial charge >= 0.3 is 0 Å². The maximum Gasteiger partial charge on any atom is 0.256 e. The molecule has 3 N–H and O–H groups in total. The summed E-state index contributed by atoms with van der Waals surface area (Å²) in [7, 11) is 0. The van der Waals surface area contributed by atoms with Gasteiger partial charge in [0.15, 0.2) is 5.88 Å². The molecule has 0 aliphatic rings. The third-order valence-corrected chi connectivity index (χ3v) is 5.59. The van der Waals surface area contributed by atoms with E-state index in [1.165, 1.54) is 11.3 Å². The fraction of sp³-hybridized carbons (Fsp3) is 0. The number of nitrogens with one attached hydrogen (secondary N) is 2. The predicted octanol–water partition coefficient (Wildman–Crippen LogP) is 6.01. The summed E-state index contributed by atoms with van der Waals surface area (Å²) in [4.78, 5) is 15.1. The molecule has 0 fully saturated rings. The van der Waals surface area contributed by atoms with Gasteiger partial charge in [-0.3, -0.25) is 4.79 Å². The smallest absolute Gasteiger partial charge is 0.256 e. The summed E-state index contributed by atoms with van der Waals surface area (Å²) in [6, 6.07) is 19.8. The SMILES string of the molecule is O=C(Nc1ccc2cc(-c3cccc4c(O)[nH]cc34)ccc2c1)c1ccsc1. The van der Waals surface area contributed by atoms with E-state index in [0.29, 0.717) is 5.56 Å². The second-order valence-corrected chi connectivity index (χ2v) is 7.43. The van der Waals surface area contributed by atoms with Crippen molar-refractivity contribution in [1.82, 2.24) is 4.98 Å². The van der Waals surface area contributed by atoms with Crippen molar-refractivity contribution < 1.29 is 9.90 Å². The van der Waals surface area contributed by atoms with Crippen LogP contribution < -0.4 is 5.32 Å². The van der Waals surface area contributed by atoms with Crippen molar-refractivity contribution in [1.29, 1.82) is 0 Å². The number of carbonyl (C=O) groups is 1. The average Bonchev–Trinajstić information content (AvgIpc) is 3.38. The molecule has 0 spiro atoms. The highest BCUT2D eigenvalue weighted by atomic mass is 32.1. The number of anilines is 1. The molecule has 0 aliphatic heterocycles. The molecule has 5 rings (SSSR count). The lowest BCUT2D eigenvalue weighted by Gasteiger charge is -2.08. The van der Waals surface area contributed by atoms with Gasteiger partial charge in [-0.15, -0.1) is 0 Å². The number of amides is 1. The Hall–Kier alpha value is -3.57. The monoisotopic (exact) mass is 384 g/mol. The van der Waals surface area contributed by atoms with E-state index in [-0.39, 0.29) is 11.8 Å². The Kier molecular flexibility index (Phi) is 3.88. The maximum absolute atomic E-state index is 12.2. The molecule has 136 valence electrons. The Morgan fingerprint density at radius 3 is 2.68 bits per heavy atom. The first-order valence-electron chi connectivity index (χ1n) is 8.86. The number of rotatable bonds is 3. The highest BCUT2D eigenvalue weighted by molar-refractivity contribution is 7.08. The van der Waals surface area contributed by atoms with Gasteiger partial charge in [0.2, 0.25) is 0 Å². The number of fused-ring (bicyclic) bond motifs is 2. The van der Waals surface area contributed by atoms with Crippen molar-refractivity contribution in [3.05, 3.63) is 83.2 Å². The summed E-state index contributed by atoms with van der Waals surface area (Å²) in [5.41, 5.74) is 3.58. The van der Waals surface area contributed by atoms with Crippen LogP contribution in [0.4, 0.5) is 5.69 Å². The van der Waals surface area contributed by atoms with E-state index in [0.717, 1.165) is 38.4 Å². The summed E-state index contributed by atoms with van der Waals surface area (Å²) in [6.45, 7) is 0. The zero-order chi connectivity index (χ0) is 19.1. The first-order chi connectivity index (χ1) is 13.7. The molecule has 28 heavy (non-hydrogen) atoms. The Bertz CT molecular complexity index is 1320. The summed E-state index contributed by atoms with van der Waals surface area (Å²) >= 11 is 1.50. The fourth-order valence-corrected chi connectivity index (χ4v) is 4.12. The maximum atomic E-state index is 12.2. The number of H-pyrrole nitrogens is 1. The van der Waals surface area contributed by atoms with Gasteiger partial charge < -0.3 is 15.4 Å². The van der Waals surface area contributed by atoms with Gasteiger partial charge in [-0.2, -0.15) is 11.3 Å². The molecule has 3 aromatic carbocycles. The van der Waals surface area contributed by atoms with Crippen LogP contribution in [0.15, 0.2) is 77.6 Å². The summed E-state index contributed by atoms with van der Waals surface area (Å²) in [5.74, 6) is 0.0832. The minimum Gasteiger partial charge on any atom is -0.494 e. The number of thiophene rings is 1. The summed E-state index contributed by atoms with van der Waals surface area (Å²) in [6.07, 6.45) is 1.83. The van der Waals surface area contributed by atoms with Crippen molar-refractivity contribution >= 4 is 44.5 Å². The van der Waals surface area contributed by atoms with Gasteiger partial charge in [0.25, 0.3) is 5.91 Å². The van der Waals surface area contributed by atoms with Gasteiger partial charge in [0, 0.05) is 28.0 Å². The molecule has 0 saturated heterocycles. The largest absolute Gasteiger partial charge is 0.494 e. The van der Waals surface area contributed by atoms with E-state index in [9.17, 15) is 9.90 Å². The van der Waals surface area contributed by atoms with Crippen molar-refractivity contribution in [3.8, 4) is 17.0 Å². The number of aromatic hydroxyl groups is 1. The zero-order valence-corrected chi connectivity index (χ0v) is 15.6. The lowest BCUT2D eigenvalue weighted by atomic mass is 9.98. The van der Waals surface area contributed by atoms with Gasteiger partial charge in [-0.1, -0.05) is 30.3 Å². The van der Waals surface area contributed by atoms with E-state index < -0.39 is 0 Å². The predicted molar refractivity (Wildman–Crippen MR) is 115 cm³/mol. The number of carbonyl (C=O) groups excluding carboxylic acids is 1. The van der Waals surface area contributed by atoms with E-state index in [2.05, 4.69) is 28.5 Å². The number of hydrogen-bond acceptors (Lipinski definition) is 3. The Labute approximate surface area is 165 Å². The third kappa shape index (κ3) is 2.82. The molecule has 0 unspecified atom stereocenters. The molecule has 1 amide bonds. The molecule has 2 aromatic heterocycles. The van der Waals surface area contributed by atoms with Crippen molar-refractivity contribution in [3.63, 3.8) is 0 Å². The lowest BCUT2D eigenvalue weighted by Crippen LogP contribution is -2.10. The highest BCUT2D eigenvalue weighted by Gasteiger charge is 2.10. The zero-order valence-electron chi connectivity index (χ0n) is 14.8. The highest BCUT2D eigenvalue weighted by Crippen LogP contribution is 2.34. The Morgan fingerprint density at radius 1 is 0.964 bits per heavy atom. The minimum atomic E-state index is -0.101. The second kappa shape index (κ2) is 6.55. The van der Waals surface area contributed by atoms with Crippen LogP contribution in [0.1, 0.15) is 10.4 Å². The molecule has 0 radical (unpaired) electrons. The Morgan fingerprint density at radius 2 is 1.82 bits per heavy atom. The fourth-order valence-electron chi connectivity index (χ4n) is 3.49. The van der Waals surface area contributed by atoms with E-state index >= 15 is 0 Å². The second-order valence-electron chi connectivity index (χ2n) is 6.65. The number of hydrogen-bond donors (Lipinski definition) is 3. The van der Waals surface area contributed by atoms with Gasteiger partial charge in [0.1, 0.15) is 0 Å². The number of aromatic amines is 1. The molecule has 5 heteroatoms. The van der Waals surface area contributed by atoms with E-state index in [1.807, 2.05) is 59.4 Å². The number of benzene rings is 3. The van der Waals surface area contributed by atoms with Crippen molar-refractivity contribution in [2.75, 3.05) is 5.32 Å². The normalized spacial score (nSPS) is 11.1. The molecule has 0 aliphatic carbocycles. The molecule has 4 nitrogen and oxygen atoms in total.